The fourth-order valence-corrected chi connectivity index (χ4v) is 3.21. The molecule has 138 valence electrons. The van der Waals surface area contributed by atoms with Crippen LogP contribution in [0.4, 0.5) is 0 Å². The monoisotopic (exact) mass is 344 g/mol. The first-order chi connectivity index (χ1) is 11.6. The minimum Gasteiger partial charge on any atom is -0.393 e. The normalized spacial score (nSPS) is 19.5. The lowest BCUT2D eigenvalue weighted by Gasteiger charge is -2.32. The van der Waals surface area contributed by atoms with Crippen LogP contribution in [-0.2, 0) is 14.3 Å². The molecular formula is C22H32O3. The van der Waals surface area contributed by atoms with Crippen molar-refractivity contribution in [3.63, 3.8) is 0 Å². The molecule has 1 aliphatic carbocycles. The molecule has 0 aromatic rings. The Bertz CT molecular complexity index is 615. The summed E-state index contributed by atoms with van der Waals surface area (Å²) in [6.07, 6.45) is 14.3. The summed E-state index contributed by atoms with van der Waals surface area (Å²) in [5.41, 5.74) is 4.36. The molecule has 0 aliphatic heterocycles. The highest BCUT2D eigenvalue weighted by atomic mass is 16.6. The largest absolute Gasteiger partial charge is 0.393 e. The van der Waals surface area contributed by atoms with Crippen molar-refractivity contribution in [2.75, 3.05) is 0 Å². The quantitative estimate of drug-likeness (QED) is 0.353. The highest BCUT2D eigenvalue weighted by Crippen LogP contribution is 2.40. The van der Waals surface area contributed by atoms with Crippen molar-refractivity contribution < 1.29 is 14.3 Å². The molecule has 0 amide bonds. The number of carbonyl (C=O) groups excluding carboxylic acids is 2. The van der Waals surface area contributed by atoms with Crippen LogP contribution in [0.5, 0.6) is 0 Å². The third kappa shape index (κ3) is 7.68. The zero-order valence-electron chi connectivity index (χ0n) is 16.5. The molecule has 1 rings (SSSR count). The van der Waals surface area contributed by atoms with Crippen molar-refractivity contribution in [3.8, 4) is 0 Å². The van der Waals surface area contributed by atoms with E-state index in [1.165, 1.54) is 37.3 Å². The first-order valence-electron chi connectivity index (χ1n) is 9.06. The van der Waals surface area contributed by atoms with Gasteiger partial charge in [0.15, 0.2) is 0 Å². The molecule has 0 fully saturated rings. The van der Waals surface area contributed by atoms with Crippen LogP contribution in [0.3, 0.4) is 0 Å². The summed E-state index contributed by atoms with van der Waals surface area (Å²) in [6.45, 7) is 12.1. The molecule has 0 saturated heterocycles. The van der Waals surface area contributed by atoms with Crippen LogP contribution in [0, 0.1) is 11.3 Å². The van der Waals surface area contributed by atoms with Gasteiger partial charge in [0.2, 0.25) is 0 Å². The highest BCUT2D eigenvalue weighted by molar-refractivity contribution is 5.84. The third-order valence-electron chi connectivity index (χ3n) is 4.60. The molecule has 0 unspecified atom stereocenters. The molecule has 0 aromatic carbocycles. The summed E-state index contributed by atoms with van der Waals surface area (Å²) in [5, 5.41) is 0. The Kier molecular flexibility index (Phi) is 8.08. The summed E-state index contributed by atoms with van der Waals surface area (Å²) < 4.78 is 4.54. The predicted molar refractivity (Wildman–Crippen MR) is 103 cm³/mol. The van der Waals surface area contributed by atoms with Crippen LogP contribution in [0.15, 0.2) is 47.1 Å². The van der Waals surface area contributed by atoms with Gasteiger partial charge in [0.05, 0.1) is 6.42 Å². The lowest BCUT2D eigenvalue weighted by atomic mass is 9.72. The standard InChI is InChI=1S/C22H32O3/c1-16(9-7-10-17(2)15-21(24)25-19(4)23)12-13-20-18(3)11-8-14-22(20,5)6/h7,9-10,12-13,17H,8,11,14-15H2,1-6H3/b10-7+,13-12+,16-9+/t17-/m0/s1. The first-order valence-corrected chi connectivity index (χ1v) is 9.06. The van der Waals surface area contributed by atoms with Gasteiger partial charge in [0.1, 0.15) is 0 Å². The molecule has 3 heteroatoms. The molecule has 0 bridgehead atoms. The minimum atomic E-state index is -0.558. The van der Waals surface area contributed by atoms with Gasteiger partial charge < -0.3 is 4.74 Å². The maximum Gasteiger partial charge on any atom is 0.314 e. The van der Waals surface area contributed by atoms with E-state index in [1.54, 1.807) is 0 Å². The van der Waals surface area contributed by atoms with E-state index < -0.39 is 11.9 Å². The summed E-state index contributed by atoms with van der Waals surface area (Å²) in [6, 6.07) is 0. The van der Waals surface area contributed by atoms with Crippen molar-refractivity contribution in [2.45, 2.75) is 67.2 Å². The predicted octanol–water partition coefficient (Wildman–Crippen LogP) is 5.69. The van der Waals surface area contributed by atoms with E-state index in [2.05, 4.69) is 44.6 Å². The Morgan fingerprint density at radius 1 is 1.28 bits per heavy atom. The molecular weight excluding hydrogens is 312 g/mol. The van der Waals surface area contributed by atoms with Crippen LogP contribution in [0.25, 0.3) is 0 Å². The van der Waals surface area contributed by atoms with Gasteiger partial charge in [-0.2, -0.15) is 0 Å². The Morgan fingerprint density at radius 2 is 1.96 bits per heavy atom. The van der Waals surface area contributed by atoms with E-state index in [0.717, 1.165) is 5.57 Å². The molecule has 0 N–H and O–H groups in total. The average Bonchev–Trinajstić information content (AvgIpc) is 2.44. The van der Waals surface area contributed by atoms with E-state index in [4.69, 9.17) is 0 Å². The van der Waals surface area contributed by atoms with E-state index in [0.29, 0.717) is 0 Å². The van der Waals surface area contributed by atoms with Crippen molar-refractivity contribution in [1.82, 2.24) is 0 Å². The second-order valence-electron chi connectivity index (χ2n) is 7.71. The lowest BCUT2D eigenvalue weighted by molar-refractivity contribution is -0.158. The molecule has 1 atom stereocenters. The van der Waals surface area contributed by atoms with Gasteiger partial charge in [0, 0.05) is 6.92 Å². The Morgan fingerprint density at radius 3 is 2.56 bits per heavy atom. The summed E-state index contributed by atoms with van der Waals surface area (Å²) in [5.74, 6) is -1.01. The van der Waals surface area contributed by atoms with Crippen LogP contribution in [-0.4, -0.2) is 11.9 Å². The van der Waals surface area contributed by atoms with Crippen LogP contribution >= 0.6 is 0 Å². The molecule has 25 heavy (non-hydrogen) atoms. The second kappa shape index (κ2) is 9.55. The van der Waals surface area contributed by atoms with Crippen molar-refractivity contribution in [1.29, 1.82) is 0 Å². The average molecular weight is 344 g/mol. The maximum absolute atomic E-state index is 11.4. The van der Waals surface area contributed by atoms with Crippen LogP contribution < -0.4 is 0 Å². The zero-order valence-corrected chi connectivity index (χ0v) is 16.5. The number of carbonyl (C=O) groups is 2. The fourth-order valence-electron chi connectivity index (χ4n) is 3.21. The minimum absolute atomic E-state index is 0.0297. The Balaban J connectivity index is 2.63. The molecule has 0 heterocycles. The molecule has 0 spiro atoms. The summed E-state index contributed by atoms with van der Waals surface area (Å²) in [4.78, 5) is 22.1. The first kappa shape index (κ1) is 21.1. The Hall–Kier alpha value is -1.90. The van der Waals surface area contributed by atoms with Gasteiger partial charge >= 0.3 is 11.9 Å². The molecule has 0 aromatic heterocycles. The number of hydrogen-bond donors (Lipinski definition) is 0. The van der Waals surface area contributed by atoms with E-state index in [9.17, 15) is 9.59 Å². The highest BCUT2D eigenvalue weighted by Gasteiger charge is 2.26. The molecule has 0 radical (unpaired) electrons. The SMILES string of the molecule is CC(=O)OC(=O)C[C@@H](C)/C=C/C=C(C)/C=C/C1=C(C)CCCC1(C)C. The zero-order chi connectivity index (χ0) is 19.0. The van der Waals surface area contributed by atoms with E-state index >= 15 is 0 Å². The van der Waals surface area contributed by atoms with Crippen molar-refractivity contribution in [2.24, 2.45) is 11.3 Å². The van der Waals surface area contributed by atoms with Gasteiger partial charge in [-0.25, -0.2) is 0 Å². The van der Waals surface area contributed by atoms with Crippen LogP contribution in [0.2, 0.25) is 0 Å². The van der Waals surface area contributed by atoms with Gasteiger partial charge in [-0.3, -0.25) is 9.59 Å². The number of rotatable bonds is 6. The van der Waals surface area contributed by atoms with E-state index in [1.807, 2.05) is 25.2 Å². The second-order valence-corrected chi connectivity index (χ2v) is 7.71. The summed E-state index contributed by atoms with van der Waals surface area (Å²) in [7, 11) is 0. The van der Waals surface area contributed by atoms with E-state index in [-0.39, 0.29) is 17.8 Å². The van der Waals surface area contributed by atoms with Gasteiger partial charge in [-0.15, -0.1) is 0 Å². The smallest absolute Gasteiger partial charge is 0.314 e. The number of allylic oxidation sites excluding steroid dienone is 8. The molecule has 1 aliphatic rings. The fraction of sp³-hybridized carbons (Fsp3) is 0.545. The number of ether oxygens (including phenoxy) is 1. The Labute approximate surface area is 152 Å². The topological polar surface area (TPSA) is 43.4 Å². The van der Waals surface area contributed by atoms with Gasteiger partial charge in [0.25, 0.3) is 0 Å². The molecule has 0 saturated carbocycles. The van der Waals surface area contributed by atoms with Crippen molar-refractivity contribution >= 4 is 11.9 Å². The lowest BCUT2D eigenvalue weighted by Crippen LogP contribution is -2.19. The molecule has 3 nitrogen and oxygen atoms in total. The summed E-state index contributed by atoms with van der Waals surface area (Å²) >= 11 is 0. The maximum atomic E-state index is 11.4. The number of hydrogen-bond acceptors (Lipinski definition) is 3. The number of esters is 2. The van der Waals surface area contributed by atoms with Crippen molar-refractivity contribution in [3.05, 3.63) is 47.1 Å². The van der Waals surface area contributed by atoms with Crippen LogP contribution in [0.1, 0.15) is 67.2 Å². The van der Waals surface area contributed by atoms with Gasteiger partial charge in [-0.05, 0) is 50.0 Å². The van der Waals surface area contributed by atoms with Gasteiger partial charge in [-0.1, -0.05) is 62.3 Å². The third-order valence-corrected chi connectivity index (χ3v) is 4.60.